The molecule has 0 bridgehead atoms. The minimum absolute atomic E-state index is 0.339. The molecule has 0 N–H and O–H groups in total. The first-order valence-corrected chi connectivity index (χ1v) is 9.46. The van der Waals surface area contributed by atoms with Crippen molar-refractivity contribution in [3.8, 4) is 0 Å². The van der Waals surface area contributed by atoms with E-state index in [-0.39, 0.29) is 0 Å². The molecular formula is C21H26N4O3. The van der Waals surface area contributed by atoms with Crippen LogP contribution in [0.4, 0.5) is 0 Å². The van der Waals surface area contributed by atoms with Crippen LogP contribution in [0.3, 0.4) is 0 Å². The molecule has 2 aromatic rings. The number of hydrogen-bond acceptors (Lipinski definition) is 3. The van der Waals surface area contributed by atoms with E-state index in [1.165, 1.54) is 0 Å². The van der Waals surface area contributed by atoms with Gasteiger partial charge in [0.2, 0.25) is 0 Å². The molecule has 0 aliphatic carbocycles. The largest absolute Gasteiger partial charge is 0.381 e. The van der Waals surface area contributed by atoms with Gasteiger partial charge in [-0.3, -0.25) is 0 Å². The van der Waals surface area contributed by atoms with Crippen molar-refractivity contribution in [1.29, 1.82) is 0 Å². The van der Waals surface area contributed by atoms with Crippen molar-refractivity contribution in [3.05, 3.63) is 81.9 Å². The lowest BCUT2D eigenvalue weighted by molar-refractivity contribution is -0.486. The van der Waals surface area contributed by atoms with Gasteiger partial charge in [0.15, 0.2) is 5.03 Å². The minimum atomic E-state index is -0.611. The Bertz CT molecular complexity index is 777. The number of ether oxygens (including phenoxy) is 1. The van der Waals surface area contributed by atoms with Gasteiger partial charge in [0, 0.05) is 39.2 Å². The topological polar surface area (TPSA) is 71.2 Å². The van der Waals surface area contributed by atoms with Crippen LogP contribution in [0.5, 0.6) is 0 Å². The van der Waals surface area contributed by atoms with Gasteiger partial charge < -0.3 is 14.5 Å². The van der Waals surface area contributed by atoms with E-state index >= 15 is 0 Å². The molecule has 1 saturated heterocycles. The number of hydrazone groups is 1. The van der Waals surface area contributed by atoms with E-state index in [1.807, 2.05) is 77.5 Å². The van der Waals surface area contributed by atoms with Crippen LogP contribution in [0.15, 0.2) is 65.8 Å². The van der Waals surface area contributed by atoms with Gasteiger partial charge in [0.05, 0.1) is 6.61 Å². The Balaban J connectivity index is 1.85. The SMILES string of the molecule is CN(Cc1ccccc1)/C(=N\[N+](=O)[O-])N(Cc1ccccc1)CC1CCOC1. The number of guanidine groups is 1. The van der Waals surface area contributed by atoms with Gasteiger partial charge in [-0.15, -0.1) is 0 Å². The molecule has 3 rings (SSSR count). The summed E-state index contributed by atoms with van der Waals surface area (Å²) < 4.78 is 5.51. The van der Waals surface area contributed by atoms with E-state index in [0.29, 0.717) is 38.1 Å². The van der Waals surface area contributed by atoms with Crippen LogP contribution in [-0.2, 0) is 17.8 Å². The number of nitrogens with zero attached hydrogens (tertiary/aromatic N) is 4. The lowest BCUT2D eigenvalue weighted by Gasteiger charge is -2.32. The third-order valence-electron chi connectivity index (χ3n) is 4.78. The van der Waals surface area contributed by atoms with Gasteiger partial charge in [-0.2, -0.15) is 0 Å². The average molecular weight is 382 g/mol. The summed E-state index contributed by atoms with van der Waals surface area (Å²) in [4.78, 5) is 15.1. The van der Waals surface area contributed by atoms with Crippen molar-refractivity contribution in [2.24, 2.45) is 11.0 Å². The van der Waals surface area contributed by atoms with E-state index < -0.39 is 5.03 Å². The molecule has 28 heavy (non-hydrogen) atoms. The van der Waals surface area contributed by atoms with Crippen LogP contribution >= 0.6 is 0 Å². The first kappa shape index (κ1) is 19.8. The standard InChI is InChI=1S/C21H26N4O3/c1-23(14-18-8-4-2-5-9-18)21(22-25(26)27)24(16-20-12-13-28-17-20)15-19-10-6-3-7-11-19/h2-11,20H,12-17H2,1H3/b22-21+. The summed E-state index contributed by atoms with van der Waals surface area (Å²) in [6.07, 6.45) is 0.958. The van der Waals surface area contributed by atoms with Crippen LogP contribution in [0.2, 0.25) is 0 Å². The van der Waals surface area contributed by atoms with Crippen molar-refractivity contribution in [2.75, 3.05) is 26.8 Å². The molecule has 1 heterocycles. The quantitative estimate of drug-likeness (QED) is 0.318. The van der Waals surface area contributed by atoms with Crippen LogP contribution in [0, 0.1) is 16.0 Å². The van der Waals surface area contributed by atoms with Crippen LogP contribution < -0.4 is 0 Å². The molecule has 1 unspecified atom stereocenters. The average Bonchev–Trinajstić information content (AvgIpc) is 3.20. The third-order valence-corrected chi connectivity index (χ3v) is 4.78. The van der Waals surface area contributed by atoms with Crippen molar-refractivity contribution in [3.63, 3.8) is 0 Å². The first-order chi connectivity index (χ1) is 13.6. The molecule has 7 heteroatoms. The highest BCUT2D eigenvalue weighted by Gasteiger charge is 2.26. The molecule has 148 valence electrons. The minimum Gasteiger partial charge on any atom is -0.381 e. The maximum atomic E-state index is 11.3. The molecule has 1 aliphatic rings. The molecule has 1 aliphatic heterocycles. The maximum absolute atomic E-state index is 11.3. The van der Waals surface area contributed by atoms with Gasteiger partial charge in [-0.25, -0.2) is 10.1 Å². The number of rotatable bonds is 7. The van der Waals surface area contributed by atoms with E-state index in [4.69, 9.17) is 4.74 Å². The van der Waals surface area contributed by atoms with Gasteiger partial charge in [-0.05, 0) is 17.5 Å². The monoisotopic (exact) mass is 382 g/mol. The van der Waals surface area contributed by atoms with Gasteiger partial charge in [-0.1, -0.05) is 60.7 Å². The van der Waals surface area contributed by atoms with Crippen molar-refractivity contribution < 1.29 is 9.77 Å². The van der Waals surface area contributed by atoms with Gasteiger partial charge in [0.1, 0.15) is 5.10 Å². The highest BCUT2D eigenvalue weighted by molar-refractivity contribution is 5.79. The number of benzene rings is 2. The highest BCUT2D eigenvalue weighted by atomic mass is 16.7. The molecule has 1 atom stereocenters. The molecule has 1 fully saturated rings. The fraction of sp³-hybridized carbons (Fsp3) is 0.381. The van der Waals surface area contributed by atoms with E-state index in [0.717, 1.165) is 24.2 Å². The lowest BCUT2D eigenvalue weighted by atomic mass is 10.1. The summed E-state index contributed by atoms with van der Waals surface area (Å²) in [5.41, 5.74) is 2.16. The Morgan fingerprint density at radius 1 is 1.11 bits per heavy atom. The molecule has 0 saturated carbocycles. The van der Waals surface area contributed by atoms with Crippen LogP contribution in [0.25, 0.3) is 0 Å². The Morgan fingerprint density at radius 3 is 2.25 bits per heavy atom. The molecule has 0 radical (unpaired) electrons. The number of nitro groups is 1. The second-order valence-electron chi connectivity index (χ2n) is 7.08. The Morgan fingerprint density at radius 2 is 1.71 bits per heavy atom. The maximum Gasteiger partial charge on any atom is 0.274 e. The highest BCUT2D eigenvalue weighted by Crippen LogP contribution is 2.18. The van der Waals surface area contributed by atoms with Crippen molar-refractivity contribution >= 4 is 5.96 Å². The second-order valence-corrected chi connectivity index (χ2v) is 7.08. The summed E-state index contributed by atoms with van der Waals surface area (Å²) in [6.45, 7) is 3.19. The second kappa shape index (κ2) is 9.85. The number of hydrogen-bond donors (Lipinski definition) is 0. The zero-order valence-corrected chi connectivity index (χ0v) is 16.1. The predicted octanol–water partition coefficient (Wildman–Crippen LogP) is 3.20. The molecular weight excluding hydrogens is 356 g/mol. The van der Waals surface area contributed by atoms with Gasteiger partial charge >= 0.3 is 0 Å². The van der Waals surface area contributed by atoms with Gasteiger partial charge in [0.25, 0.3) is 5.96 Å². The first-order valence-electron chi connectivity index (χ1n) is 9.46. The fourth-order valence-corrected chi connectivity index (χ4v) is 3.44. The molecule has 2 aromatic carbocycles. The van der Waals surface area contributed by atoms with Crippen molar-refractivity contribution in [2.45, 2.75) is 19.5 Å². The Kier molecular flexibility index (Phi) is 6.97. The van der Waals surface area contributed by atoms with Crippen LogP contribution in [0.1, 0.15) is 17.5 Å². The summed E-state index contributed by atoms with van der Waals surface area (Å²) in [5, 5.41) is 14.5. The lowest BCUT2D eigenvalue weighted by Crippen LogP contribution is -2.44. The molecule has 7 nitrogen and oxygen atoms in total. The summed E-state index contributed by atoms with van der Waals surface area (Å²) in [6, 6.07) is 19.9. The normalized spacial score (nSPS) is 16.8. The predicted molar refractivity (Wildman–Crippen MR) is 108 cm³/mol. The van der Waals surface area contributed by atoms with E-state index in [9.17, 15) is 10.1 Å². The Hall–Kier alpha value is -2.93. The summed E-state index contributed by atoms with van der Waals surface area (Å²) >= 11 is 0. The zero-order chi connectivity index (χ0) is 19.8. The zero-order valence-electron chi connectivity index (χ0n) is 16.1. The molecule has 0 spiro atoms. The summed E-state index contributed by atoms with van der Waals surface area (Å²) in [7, 11) is 1.85. The Labute approximate surface area is 165 Å². The third kappa shape index (κ3) is 5.79. The van der Waals surface area contributed by atoms with Crippen LogP contribution in [-0.4, -0.2) is 47.6 Å². The smallest absolute Gasteiger partial charge is 0.274 e. The molecule has 0 aromatic heterocycles. The molecule has 0 amide bonds. The fourth-order valence-electron chi connectivity index (χ4n) is 3.44. The summed E-state index contributed by atoms with van der Waals surface area (Å²) in [5.74, 6) is 0.704. The van der Waals surface area contributed by atoms with E-state index in [1.54, 1.807) is 0 Å². The van der Waals surface area contributed by atoms with E-state index in [2.05, 4.69) is 5.10 Å². The van der Waals surface area contributed by atoms with Crippen molar-refractivity contribution in [1.82, 2.24) is 9.80 Å².